The Morgan fingerprint density at radius 2 is 2.00 bits per heavy atom. The summed E-state index contributed by atoms with van der Waals surface area (Å²) in [5.41, 5.74) is 2.07. The van der Waals surface area contributed by atoms with E-state index in [9.17, 15) is 14.0 Å². The number of alkyl halides is 1. The first kappa shape index (κ1) is 19.7. The fourth-order valence-electron chi connectivity index (χ4n) is 7.37. The fourth-order valence-corrected chi connectivity index (χ4v) is 7.37. The van der Waals surface area contributed by atoms with Gasteiger partial charge in [0.05, 0.1) is 13.2 Å². The Balaban J connectivity index is 1.18. The Morgan fingerprint density at radius 1 is 1.23 bits per heavy atom. The number of Topliss-reactive ketones (excluding diaryl/α,β-unsaturated/α-hetero) is 1. The molecule has 4 fully saturated rings. The number of carbonyl (C=O) groups excluding carboxylic acids is 2. The molecule has 2 aliphatic heterocycles. The van der Waals surface area contributed by atoms with Gasteiger partial charge in [-0.25, -0.2) is 9.18 Å². The van der Waals surface area contributed by atoms with Crippen molar-refractivity contribution in [1.29, 1.82) is 0 Å². The average Bonchev–Trinajstić information content (AvgIpc) is 3.42. The standard InChI is InChI=1S/C25H30FNO4/c1-25-7-6-19-18-5-3-17(31-24(29)27-10-15-12-30-13-16(15)11-27)8-14(18)2-4-20(19)21(25)9-22(26)23(25)28/h3,5,8,15-16,19-22H,2,4,6-7,9-13H2,1H3. The van der Waals surface area contributed by atoms with E-state index in [0.717, 1.165) is 38.9 Å². The number of ether oxygens (including phenoxy) is 2. The number of benzene rings is 1. The predicted molar refractivity (Wildman–Crippen MR) is 112 cm³/mol. The number of amides is 1. The maximum Gasteiger partial charge on any atom is 0.415 e. The third-order valence-electron chi connectivity index (χ3n) is 9.10. The summed E-state index contributed by atoms with van der Waals surface area (Å²) < 4.78 is 25.5. The van der Waals surface area contributed by atoms with E-state index >= 15 is 0 Å². The van der Waals surface area contributed by atoms with Crippen molar-refractivity contribution in [2.75, 3.05) is 26.3 Å². The lowest BCUT2D eigenvalue weighted by molar-refractivity contribution is -0.132. The van der Waals surface area contributed by atoms with E-state index in [2.05, 4.69) is 6.07 Å². The molecule has 0 aromatic heterocycles. The molecule has 0 spiro atoms. The van der Waals surface area contributed by atoms with Gasteiger partial charge in [-0.1, -0.05) is 13.0 Å². The van der Waals surface area contributed by atoms with E-state index in [1.165, 1.54) is 11.1 Å². The normalized spacial score (nSPS) is 40.8. The van der Waals surface area contributed by atoms with Crippen LogP contribution in [-0.4, -0.2) is 49.3 Å². The molecule has 7 atom stereocenters. The van der Waals surface area contributed by atoms with E-state index in [-0.39, 0.29) is 17.8 Å². The summed E-state index contributed by atoms with van der Waals surface area (Å²) in [4.78, 5) is 26.9. The molecule has 1 aromatic rings. The van der Waals surface area contributed by atoms with Gasteiger partial charge in [0, 0.05) is 30.3 Å². The molecule has 1 amide bonds. The lowest BCUT2D eigenvalue weighted by atomic mass is 9.55. The van der Waals surface area contributed by atoms with E-state index in [1.54, 1.807) is 4.90 Å². The Kier molecular flexibility index (Phi) is 4.47. The molecule has 0 radical (unpaired) electrons. The molecule has 1 aromatic carbocycles. The summed E-state index contributed by atoms with van der Waals surface area (Å²) in [6.07, 6.45) is 2.42. The van der Waals surface area contributed by atoms with Crippen LogP contribution < -0.4 is 4.74 Å². The summed E-state index contributed by atoms with van der Waals surface area (Å²) in [7, 11) is 0. The summed E-state index contributed by atoms with van der Waals surface area (Å²) in [6, 6.07) is 6.04. The summed E-state index contributed by atoms with van der Waals surface area (Å²) >= 11 is 0. The molecule has 2 heterocycles. The number of nitrogens with zero attached hydrogens (tertiary/aromatic N) is 1. The van der Waals surface area contributed by atoms with Crippen LogP contribution in [0.3, 0.4) is 0 Å². The highest BCUT2D eigenvalue weighted by atomic mass is 19.1. The third kappa shape index (κ3) is 2.97. The maximum absolute atomic E-state index is 14.3. The minimum atomic E-state index is -1.28. The molecule has 0 N–H and O–H groups in total. The highest BCUT2D eigenvalue weighted by Crippen LogP contribution is 2.60. The first-order valence-electron chi connectivity index (χ1n) is 11.8. The van der Waals surface area contributed by atoms with Crippen LogP contribution in [0.2, 0.25) is 0 Å². The van der Waals surface area contributed by atoms with Crippen LogP contribution in [0.25, 0.3) is 0 Å². The number of likely N-dealkylation sites (tertiary alicyclic amines) is 1. The Hall–Kier alpha value is -1.95. The van der Waals surface area contributed by atoms with Gasteiger partial charge in [-0.2, -0.15) is 0 Å². The first-order chi connectivity index (χ1) is 14.9. The molecule has 2 saturated heterocycles. The number of fused-ring (bicyclic) bond motifs is 6. The predicted octanol–water partition coefficient (Wildman–Crippen LogP) is 4.14. The summed E-state index contributed by atoms with van der Waals surface area (Å²) in [5, 5.41) is 0. The minimum absolute atomic E-state index is 0.151. The van der Waals surface area contributed by atoms with E-state index in [4.69, 9.17) is 9.47 Å². The molecule has 0 bridgehead atoms. The quantitative estimate of drug-likeness (QED) is 0.676. The lowest BCUT2D eigenvalue weighted by Gasteiger charge is -2.48. The molecular formula is C25H30FNO4. The average molecular weight is 428 g/mol. The van der Waals surface area contributed by atoms with Crippen molar-refractivity contribution in [3.05, 3.63) is 29.3 Å². The van der Waals surface area contributed by atoms with Gasteiger partial charge in [0.25, 0.3) is 0 Å². The van der Waals surface area contributed by atoms with Crippen LogP contribution in [0.5, 0.6) is 5.75 Å². The number of rotatable bonds is 1. The number of hydrogen-bond donors (Lipinski definition) is 0. The molecular weight excluding hydrogens is 397 g/mol. The smallest absolute Gasteiger partial charge is 0.410 e. The molecule has 6 rings (SSSR count). The van der Waals surface area contributed by atoms with Crippen molar-refractivity contribution in [3.8, 4) is 5.75 Å². The van der Waals surface area contributed by atoms with Gasteiger partial charge in [-0.15, -0.1) is 0 Å². The maximum atomic E-state index is 14.3. The van der Waals surface area contributed by atoms with E-state index in [0.29, 0.717) is 48.9 Å². The van der Waals surface area contributed by atoms with Gasteiger partial charge in [-0.05, 0) is 73.1 Å². The topological polar surface area (TPSA) is 55.8 Å². The second-order valence-electron chi connectivity index (χ2n) is 10.6. The number of halogens is 1. The molecule has 3 aliphatic carbocycles. The van der Waals surface area contributed by atoms with Gasteiger partial charge < -0.3 is 14.4 Å². The van der Waals surface area contributed by atoms with Crippen molar-refractivity contribution in [2.45, 2.75) is 51.1 Å². The molecule has 5 aliphatic rings. The molecule has 7 unspecified atom stereocenters. The number of carbonyl (C=O) groups is 2. The largest absolute Gasteiger partial charge is 0.415 e. The van der Waals surface area contributed by atoms with E-state index in [1.807, 2.05) is 19.1 Å². The monoisotopic (exact) mass is 427 g/mol. The van der Waals surface area contributed by atoms with Crippen molar-refractivity contribution < 1.29 is 23.5 Å². The van der Waals surface area contributed by atoms with Crippen LogP contribution in [0.4, 0.5) is 9.18 Å². The number of aryl methyl sites for hydroxylation is 1. The molecule has 5 nitrogen and oxygen atoms in total. The van der Waals surface area contributed by atoms with Gasteiger partial charge in [0.2, 0.25) is 0 Å². The summed E-state index contributed by atoms with van der Waals surface area (Å²) in [6.45, 7) is 4.90. The SMILES string of the molecule is CC12CCC3c4ccc(OC(=O)N5CC6COCC6C5)cc4CCC3C1CC(F)C2=O. The molecule has 31 heavy (non-hydrogen) atoms. The summed E-state index contributed by atoms with van der Waals surface area (Å²) in [5.74, 6) is 2.22. The fraction of sp³-hybridized carbons (Fsp3) is 0.680. The zero-order chi connectivity index (χ0) is 21.3. The Morgan fingerprint density at radius 3 is 2.77 bits per heavy atom. The van der Waals surface area contributed by atoms with Crippen molar-refractivity contribution >= 4 is 11.9 Å². The van der Waals surface area contributed by atoms with Crippen LogP contribution >= 0.6 is 0 Å². The number of hydrogen-bond acceptors (Lipinski definition) is 4. The van der Waals surface area contributed by atoms with Crippen LogP contribution in [0.1, 0.15) is 49.7 Å². The third-order valence-corrected chi connectivity index (χ3v) is 9.10. The van der Waals surface area contributed by atoms with Crippen LogP contribution in [0, 0.1) is 29.1 Å². The zero-order valence-electron chi connectivity index (χ0n) is 18.0. The van der Waals surface area contributed by atoms with Crippen molar-refractivity contribution in [1.82, 2.24) is 4.90 Å². The second-order valence-corrected chi connectivity index (χ2v) is 10.6. The van der Waals surface area contributed by atoms with Crippen LogP contribution in [0.15, 0.2) is 18.2 Å². The van der Waals surface area contributed by atoms with Crippen molar-refractivity contribution in [2.24, 2.45) is 29.1 Å². The van der Waals surface area contributed by atoms with Crippen molar-refractivity contribution in [3.63, 3.8) is 0 Å². The molecule has 6 heteroatoms. The highest BCUT2D eigenvalue weighted by Gasteiger charge is 2.58. The Labute approximate surface area is 182 Å². The number of ketones is 1. The van der Waals surface area contributed by atoms with Gasteiger partial charge in [0.1, 0.15) is 5.75 Å². The minimum Gasteiger partial charge on any atom is -0.410 e. The van der Waals surface area contributed by atoms with Gasteiger partial charge >= 0.3 is 6.09 Å². The molecule has 2 saturated carbocycles. The van der Waals surface area contributed by atoms with Gasteiger partial charge in [-0.3, -0.25) is 4.79 Å². The van der Waals surface area contributed by atoms with Gasteiger partial charge in [0.15, 0.2) is 12.0 Å². The second kappa shape index (κ2) is 7.03. The Bertz CT molecular complexity index is 922. The zero-order valence-corrected chi connectivity index (χ0v) is 18.0. The first-order valence-corrected chi connectivity index (χ1v) is 11.8. The highest BCUT2D eigenvalue weighted by molar-refractivity contribution is 5.91. The van der Waals surface area contributed by atoms with Crippen LogP contribution in [-0.2, 0) is 16.0 Å². The molecule has 166 valence electrons. The van der Waals surface area contributed by atoms with E-state index < -0.39 is 11.6 Å². The lowest BCUT2D eigenvalue weighted by Crippen LogP contribution is -2.42.